The van der Waals surface area contributed by atoms with Crippen LogP contribution in [0.2, 0.25) is 0 Å². The van der Waals surface area contributed by atoms with E-state index >= 15 is 0 Å². The molecule has 2 unspecified atom stereocenters. The Morgan fingerprint density at radius 1 is 1.05 bits per heavy atom. The van der Waals surface area contributed by atoms with E-state index in [-0.39, 0.29) is 35.6 Å². The molecule has 110 valence electrons. The first kappa shape index (κ1) is 14.1. The Kier molecular flexibility index (Phi) is 3.23. The maximum Gasteiger partial charge on any atom is 0.171 e. The second-order valence-electron chi connectivity index (χ2n) is 6.39. The van der Waals surface area contributed by atoms with E-state index in [9.17, 15) is 14.7 Å². The average Bonchev–Trinajstić information content (AvgIpc) is 2.62. The maximum atomic E-state index is 12.7. The highest BCUT2D eigenvalue weighted by atomic mass is 16.3. The van der Waals surface area contributed by atoms with Crippen LogP contribution < -0.4 is 0 Å². The van der Waals surface area contributed by atoms with Crippen LogP contribution in [0.15, 0.2) is 17.9 Å². The summed E-state index contributed by atoms with van der Waals surface area (Å²) in [5.74, 6) is -0.226. The molecular formula is C18H20O3. The lowest BCUT2D eigenvalue weighted by molar-refractivity contribution is -0.128. The zero-order valence-corrected chi connectivity index (χ0v) is 12.7. The number of benzene rings is 1. The zero-order chi connectivity index (χ0) is 15.3. The summed E-state index contributed by atoms with van der Waals surface area (Å²) in [6, 6.07) is 4.06. The molecule has 0 spiro atoms. The molecule has 0 saturated heterocycles. The van der Waals surface area contributed by atoms with Gasteiger partial charge in [0, 0.05) is 24.7 Å². The van der Waals surface area contributed by atoms with Gasteiger partial charge in [0.05, 0.1) is 5.57 Å². The number of hydrogen-bond acceptors (Lipinski definition) is 3. The molecular weight excluding hydrogens is 264 g/mol. The second-order valence-corrected chi connectivity index (χ2v) is 6.39. The van der Waals surface area contributed by atoms with Crippen molar-refractivity contribution in [2.45, 2.75) is 40.0 Å². The third-order valence-electron chi connectivity index (χ3n) is 4.79. The first-order valence-corrected chi connectivity index (χ1v) is 7.47. The molecule has 1 saturated carbocycles. The van der Waals surface area contributed by atoms with Crippen molar-refractivity contribution in [1.82, 2.24) is 0 Å². The number of fused-ring (bicyclic) bond motifs is 1. The second kappa shape index (κ2) is 4.83. The number of aryl methyl sites for hydroxylation is 3. The van der Waals surface area contributed by atoms with Gasteiger partial charge < -0.3 is 5.11 Å². The summed E-state index contributed by atoms with van der Waals surface area (Å²) < 4.78 is 0. The number of Topliss-reactive ketones (excluding diaryl/α,β-unsaturated/α-hetero) is 2. The van der Waals surface area contributed by atoms with Crippen LogP contribution in [-0.4, -0.2) is 16.7 Å². The van der Waals surface area contributed by atoms with E-state index in [1.807, 2.05) is 32.9 Å². The average molecular weight is 284 g/mol. The van der Waals surface area contributed by atoms with Crippen molar-refractivity contribution < 1.29 is 14.7 Å². The number of aliphatic hydroxyl groups is 1. The highest BCUT2D eigenvalue weighted by Gasteiger charge is 2.46. The van der Waals surface area contributed by atoms with Gasteiger partial charge in [-0.2, -0.15) is 0 Å². The largest absolute Gasteiger partial charge is 0.511 e. The van der Waals surface area contributed by atoms with Crippen LogP contribution in [0.1, 0.15) is 41.5 Å². The Morgan fingerprint density at radius 3 is 2.29 bits per heavy atom. The first-order chi connectivity index (χ1) is 9.90. The van der Waals surface area contributed by atoms with Gasteiger partial charge in [-0.15, -0.1) is 0 Å². The van der Waals surface area contributed by atoms with Gasteiger partial charge in [-0.3, -0.25) is 9.59 Å². The molecule has 0 aliphatic heterocycles. The van der Waals surface area contributed by atoms with Crippen molar-refractivity contribution in [2.24, 2.45) is 11.8 Å². The highest BCUT2D eigenvalue weighted by Crippen LogP contribution is 2.46. The van der Waals surface area contributed by atoms with Gasteiger partial charge in [-0.05, 0) is 43.9 Å². The van der Waals surface area contributed by atoms with Gasteiger partial charge in [0.25, 0.3) is 0 Å². The number of hydrogen-bond donors (Lipinski definition) is 1. The Bertz CT molecular complexity index is 659. The van der Waals surface area contributed by atoms with Crippen molar-refractivity contribution >= 4 is 17.1 Å². The van der Waals surface area contributed by atoms with Gasteiger partial charge >= 0.3 is 0 Å². The number of rotatable bonds is 1. The quantitative estimate of drug-likeness (QED) is 0.859. The monoisotopic (exact) mass is 284 g/mol. The lowest BCUT2D eigenvalue weighted by Gasteiger charge is -2.22. The van der Waals surface area contributed by atoms with Crippen LogP contribution in [0.3, 0.4) is 0 Å². The number of aliphatic hydroxyl groups excluding tert-OH is 1. The van der Waals surface area contributed by atoms with E-state index in [0.717, 1.165) is 22.3 Å². The van der Waals surface area contributed by atoms with E-state index in [4.69, 9.17) is 0 Å². The van der Waals surface area contributed by atoms with Gasteiger partial charge in [-0.25, -0.2) is 0 Å². The predicted octanol–water partition coefficient (Wildman–Crippen LogP) is 3.45. The Morgan fingerprint density at radius 2 is 1.67 bits per heavy atom. The van der Waals surface area contributed by atoms with Gasteiger partial charge in [-0.1, -0.05) is 17.7 Å². The molecule has 3 nitrogen and oxygen atoms in total. The van der Waals surface area contributed by atoms with Crippen LogP contribution >= 0.6 is 0 Å². The van der Waals surface area contributed by atoms with Crippen LogP contribution in [-0.2, 0) is 9.59 Å². The van der Waals surface area contributed by atoms with E-state index in [2.05, 4.69) is 0 Å². The predicted molar refractivity (Wildman–Crippen MR) is 81.0 cm³/mol. The molecule has 2 aliphatic rings. The minimum atomic E-state index is -0.346. The number of carbonyl (C=O) groups is 2. The van der Waals surface area contributed by atoms with Gasteiger partial charge in [0.2, 0.25) is 0 Å². The molecule has 3 rings (SSSR count). The van der Waals surface area contributed by atoms with E-state index < -0.39 is 0 Å². The summed E-state index contributed by atoms with van der Waals surface area (Å²) in [5.41, 5.74) is 4.46. The number of carbonyl (C=O) groups excluding carboxylic acids is 2. The summed E-state index contributed by atoms with van der Waals surface area (Å²) in [6.45, 7) is 5.96. The topological polar surface area (TPSA) is 54.4 Å². The standard InChI is InChI=1S/C18H20O3/c1-9-6-10(2)15(11(3)7-9)16-17(20)13-5-4-12(19)8-14(13)18(16)21/h6-7,13-14,20H,4-5,8H2,1-3H3. The SMILES string of the molecule is Cc1cc(C)c(C2=C(O)C3CCC(=O)CC3C2=O)c(C)c1. The van der Waals surface area contributed by atoms with Crippen molar-refractivity contribution in [2.75, 3.05) is 0 Å². The smallest absolute Gasteiger partial charge is 0.171 e. The molecule has 0 bridgehead atoms. The van der Waals surface area contributed by atoms with E-state index in [0.29, 0.717) is 18.4 Å². The molecule has 0 heterocycles. The fraction of sp³-hybridized carbons (Fsp3) is 0.444. The molecule has 1 aromatic carbocycles. The van der Waals surface area contributed by atoms with E-state index in [1.165, 1.54) is 0 Å². The Balaban J connectivity index is 2.12. The minimum absolute atomic E-state index is 0.0550. The van der Waals surface area contributed by atoms with Crippen LogP contribution in [0.4, 0.5) is 0 Å². The molecule has 0 radical (unpaired) electrons. The van der Waals surface area contributed by atoms with Gasteiger partial charge in [0.1, 0.15) is 11.5 Å². The Hall–Kier alpha value is -1.90. The summed E-state index contributed by atoms with van der Waals surface area (Å²) in [5, 5.41) is 10.6. The summed E-state index contributed by atoms with van der Waals surface area (Å²) in [6.07, 6.45) is 1.34. The lowest BCUT2D eigenvalue weighted by Crippen LogP contribution is -2.27. The molecule has 1 N–H and O–H groups in total. The molecule has 2 atom stereocenters. The fourth-order valence-corrected chi connectivity index (χ4v) is 3.93. The van der Waals surface area contributed by atoms with Crippen LogP contribution in [0.5, 0.6) is 0 Å². The van der Waals surface area contributed by atoms with E-state index in [1.54, 1.807) is 0 Å². The van der Waals surface area contributed by atoms with Gasteiger partial charge in [0.15, 0.2) is 5.78 Å². The third-order valence-corrected chi connectivity index (χ3v) is 4.79. The lowest BCUT2D eigenvalue weighted by atomic mass is 9.79. The molecule has 0 amide bonds. The molecule has 1 fully saturated rings. The normalized spacial score (nSPS) is 25.5. The maximum absolute atomic E-state index is 12.7. The van der Waals surface area contributed by atoms with Crippen molar-refractivity contribution in [3.63, 3.8) is 0 Å². The zero-order valence-electron chi connectivity index (χ0n) is 12.7. The summed E-state index contributed by atoms with van der Waals surface area (Å²) in [4.78, 5) is 24.3. The highest BCUT2D eigenvalue weighted by molar-refractivity contribution is 6.26. The van der Waals surface area contributed by atoms with Crippen LogP contribution in [0.25, 0.3) is 5.57 Å². The molecule has 2 aliphatic carbocycles. The summed E-state index contributed by atoms with van der Waals surface area (Å²) >= 11 is 0. The fourth-order valence-electron chi connectivity index (χ4n) is 3.93. The minimum Gasteiger partial charge on any atom is -0.511 e. The van der Waals surface area contributed by atoms with Crippen molar-refractivity contribution in [1.29, 1.82) is 0 Å². The molecule has 21 heavy (non-hydrogen) atoms. The number of allylic oxidation sites excluding steroid dienone is 2. The summed E-state index contributed by atoms with van der Waals surface area (Å²) in [7, 11) is 0. The molecule has 0 aromatic heterocycles. The molecule has 1 aromatic rings. The first-order valence-electron chi connectivity index (χ1n) is 7.47. The Labute approximate surface area is 124 Å². The van der Waals surface area contributed by atoms with Crippen LogP contribution in [0, 0.1) is 32.6 Å². The third kappa shape index (κ3) is 2.11. The number of ketones is 2. The van der Waals surface area contributed by atoms with Crippen molar-refractivity contribution in [3.8, 4) is 0 Å². The molecule has 3 heteroatoms. The van der Waals surface area contributed by atoms with Crippen molar-refractivity contribution in [3.05, 3.63) is 40.1 Å².